The van der Waals surface area contributed by atoms with Gasteiger partial charge >= 0.3 is 5.97 Å². The van der Waals surface area contributed by atoms with Crippen LogP contribution in [0.4, 0.5) is 0 Å². The summed E-state index contributed by atoms with van der Waals surface area (Å²) in [5.74, 6) is -7.20. The number of hydrogen-bond acceptors (Lipinski definition) is 15. The van der Waals surface area contributed by atoms with Gasteiger partial charge in [-0.1, -0.05) is 12.1 Å². The quantitative estimate of drug-likeness (QED) is 0.0363. The Labute approximate surface area is 381 Å². The van der Waals surface area contributed by atoms with Crippen molar-refractivity contribution in [2.75, 3.05) is 51.7 Å². The highest BCUT2D eigenvalue weighted by atomic mass is 32.1. The number of nitrogens with two attached hydrogens (primary N) is 2. The molecule has 23 nitrogen and oxygen atoms in total. The van der Waals surface area contributed by atoms with Gasteiger partial charge in [-0.2, -0.15) is 12.6 Å². The van der Waals surface area contributed by atoms with Gasteiger partial charge in [-0.15, -0.1) is 0 Å². The molecule has 1 aromatic carbocycles. The summed E-state index contributed by atoms with van der Waals surface area (Å²) in [6.45, 7) is -1.32. The second-order valence-electron chi connectivity index (χ2n) is 16.2. The monoisotopic (exact) mass is 934 g/mol. The molecule has 0 unspecified atom stereocenters. The average Bonchev–Trinajstić information content (AvgIpc) is 4.11. The number of amides is 8. The molecule has 1 aromatic rings. The number of rotatable bonds is 23. The summed E-state index contributed by atoms with van der Waals surface area (Å²) in [6, 6.07) is -3.78. The molecule has 0 bridgehead atoms. The van der Waals surface area contributed by atoms with Crippen LogP contribution in [0, 0.1) is 0 Å². The van der Waals surface area contributed by atoms with Gasteiger partial charge in [-0.05, 0) is 82.0 Å². The number of benzene rings is 1. The first-order chi connectivity index (χ1) is 31.0. The van der Waals surface area contributed by atoms with Gasteiger partial charge in [-0.3, -0.25) is 38.4 Å². The lowest BCUT2D eigenvalue weighted by atomic mass is 10.0. The molecule has 24 heteroatoms. The Kier molecular flexibility index (Phi) is 20.2. The summed E-state index contributed by atoms with van der Waals surface area (Å²) >= 11 is 4.28. The molecule has 0 saturated carbocycles. The molecular weight excluding hydrogens is 873 g/mol. The smallest absolute Gasteiger partial charge is 0.326 e. The van der Waals surface area contributed by atoms with Gasteiger partial charge in [-0.25, -0.2) is 4.79 Å². The number of carboxylic acids is 1. The zero-order chi connectivity index (χ0) is 47.8. The van der Waals surface area contributed by atoms with Crippen LogP contribution in [0.5, 0.6) is 5.75 Å². The zero-order valence-corrected chi connectivity index (χ0v) is 37.0. The van der Waals surface area contributed by atoms with Crippen molar-refractivity contribution in [1.29, 1.82) is 0 Å². The first-order valence-electron chi connectivity index (χ1n) is 21.7. The van der Waals surface area contributed by atoms with Crippen molar-refractivity contribution in [2.45, 2.75) is 113 Å². The molecule has 3 heterocycles. The summed E-state index contributed by atoms with van der Waals surface area (Å²) in [4.78, 5) is 123. The van der Waals surface area contributed by atoms with E-state index in [0.717, 1.165) is 4.90 Å². The number of carbonyl (C=O) groups is 9. The van der Waals surface area contributed by atoms with Gasteiger partial charge in [0.25, 0.3) is 0 Å². The first kappa shape index (κ1) is 52.1. The summed E-state index contributed by atoms with van der Waals surface area (Å²) in [7, 11) is 0. The maximum absolute atomic E-state index is 13.8. The lowest BCUT2D eigenvalue weighted by molar-refractivity contribution is -0.150. The zero-order valence-electron chi connectivity index (χ0n) is 36.1. The van der Waals surface area contributed by atoms with Crippen molar-refractivity contribution in [1.82, 2.24) is 41.3 Å². The van der Waals surface area contributed by atoms with Crippen LogP contribution < -0.4 is 38.1 Å². The molecular formula is C41H62N10O13S. The maximum atomic E-state index is 13.8. The van der Waals surface area contributed by atoms with Crippen LogP contribution in [0.15, 0.2) is 24.3 Å². The second kappa shape index (κ2) is 25.2. The Morgan fingerprint density at radius 2 is 1.22 bits per heavy atom. The number of aliphatic hydroxyl groups excluding tert-OH is 2. The fraction of sp³-hybridized carbons (Fsp3) is 0.634. The topological polar surface area (TPSA) is 356 Å². The number of phenolic OH excluding ortho intramolecular Hbond substituents is 1. The van der Waals surface area contributed by atoms with Gasteiger partial charge in [0.15, 0.2) is 0 Å². The van der Waals surface area contributed by atoms with Crippen LogP contribution in [-0.2, 0) is 49.6 Å². The molecule has 4 rings (SSSR count). The van der Waals surface area contributed by atoms with Crippen molar-refractivity contribution < 1.29 is 63.6 Å². The largest absolute Gasteiger partial charge is 0.508 e. The van der Waals surface area contributed by atoms with Gasteiger partial charge in [0, 0.05) is 31.8 Å². The summed E-state index contributed by atoms with van der Waals surface area (Å²) in [6.07, 6.45) is 2.93. The highest BCUT2D eigenvalue weighted by Gasteiger charge is 2.42. The van der Waals surface area contributed by atoms with E-state index in [0.29, 0.717) is 44.2 Å². The van der Waals surface area contributed by atoms with Crippen LogP contribution in [0.25, 0.3) is 0 Å². The van der Waals surface area contributed by atoms with Gasteiger partial charge in [0.2, 0.25) is 47.3 Å². The number of unbranched alkanes of at least 4 members (excludes halogenated alkanes) is 1. The number of aromatic hydroxyl groups is 1. The van der Waals surface area contributed by atoms with Crippen molar-refractivity contribution >= 4 is 65.9 Å². The van der Waals surface area contributed by atoms with E-state index < -0.39 is 121 Å². The van der Waals surface area contributed by atoms with E-state index in [4.69, 9.17) is 11.5 Å². The van der Waals surface area contributed by atoms with E-state index in [9.17, 15) is 63.6 Å². The third-order valence-electron chi connectivity index (χ3n) is 11.7. The third kappa shape index (κ3) is 14.2. The number of nitrogens with zero attached hydrogens (tertiary/aromatic N) is 3. The van der Waals surface area contributed by atoms with Crippen LogP contribution in [0.2, 0.25) is 0 Å². The minimum atomic E-state index is -1.44. The molecule has 3 aliphatic rings. The maximum Gasteiger partial charge on any atom is 0.326 e. The van der Waals surface area contributed by atoms with Gasteiger partial charge < -0.3 is 73.2 Å². The van der Waals surface area contributed by atoms with Crippen LogP contribution in [0.3, 0.4) is 0 Å². The molecule has 8 atom stereocenters. The van der Waals surface area contributed by atoms with Gasteiger partial charge in [0.1, 0.15) is 54.1 Å². The molecule has 0 spiro atoms. The third-order valence-corrected chi connectivity index (χ3v) is 12.0. The molecule has 0 aromatic heterocycles. The SMILES string of the molecule is NCCCC[C@H](NC(=O)[C@@H](N)CO)C(=O)N[C@@H](Cc1ccc(O)cc1)C(=O)NCC(=O)N1CCC[C@H]1C(=O)N[C@@H](CS)C(=O)N1CCC[C@H]1C(=O)N[C@@H](CO)C(=O)N1CCC[C@H]1C(=O)O. The van der Waals surface area contributed by atoms with Crippen molar-refractivity contribution in [3.63, 3.8) is 0 Å². The molecule has 8 amide bonds. The average molecular weight is 935 g/mol. The number of nitrogens with one attached hydrogen (secondary N) is 5. The fourth-order valence-electron chi connectivity index (χ4n) is 8.10. The Balaban J connectivity index is 1.39. The number of hydrogen-bond donors (Lipinski definition) is 12. The molecule has 65 heavy (non-hydrogen) atoms. The van der Waals surface area contributed by atoms with Crippen molar-refractivity contribution in [3.8, 4) is 5.75 Å². The first-order valence-corrected chi connectivity index (χ1v) is 22.4. The fourth-order valence-corrected chi connectivity index (χ4v) is 8.34. The van der Waals surface area contributed by atoms with Crippen LogP contribution >= 0.6 is 12.6 Å². The lowest BCUT2D eigenvalue weighted by Crippen LogP contribution is -2.59. The second-order valence-corrected chi connectivity index (χ2v) is 16.6. The summed E-state index contributed by atoms with van der Waals surface area (Å²) in [5.41, 5.74) is 11.8. The van der Waals surface area contributed by atoms with Crippen molar-refractivity contribution in [3.05, 3.63) is 29.8 Å². The molecule has 0 aliphatic carbocycles. The highest BCUT2D eigenvalue weighted by molar-refractivity contribution is 7.80. The van der Waals surface area contributed by atoms with Gasteiger partial charge in [0.05, 0.1) is 19.8 Å². The Hall–Kier alpha value is -5.56. The number of aliphatic hydroxyl groups is 2. The summed E-state index contributed by atoms with van der Waals surface area (Å²) in [5, 5.41) is 51.3. The van der Waals surface area contributed by atoms with E-state index >= 15 is 0 Å². The number of aliphatic carboxylic acids is 1. The molecule has 0 radical (unpaired) electrons. The molecule has 360 valence electrons. The Morgan fingerprint density at radius 1 is 0.677 bits per heavy atom. The molecule has 3 aliphatic heterocycles. The number of phenols is 1. The number of thiol groups is 1. The van der Waals surface area contributed by atoms with E-state index in [2.05, 4.69) is 39.2 Å². The highest BCUT2D eigenvalue weighted by Crippen LogP contribution is 2.23. The Bertz CT molecular complexity index is 1880. The number of carbonyl (C=O) groups excluding carboxylic acids is 8. The molecule has 3 saturated heterocycles. The minimum Gasteiger partial charge on any atom is -0.508 e. The van der Waals surface area contributed by atoms with E-state index in [1.54, 1.807) is 0 Å². The lowest BCUT2D eigenvalue weighted by Gasteiger charge is -2.31. The molecule has 13 N–H and O–H groups in total. The molecule has 3 fully saturated rings. The van der Waals surface area contributed by atoms with Crippen LogP contribution in [-0.4, -0.2) is 188 Å². The van der Waals surface area contributed by atoms with E-state index in [1.165, 1.54) is 34.1 Å². The number of likely N-dealkylation sites (tertiary alicyclic amines) is 3. The Morgan fingerprint density at radius 3 is 1.78 bits per heavy atom. The predicted octanol–water partition coefficient (Wildman–Crippen LogP) is -4.58. The number of carboxylic acid groups (broad SMARTS) is 1. The summed E-state index contributed by atoms with van der Waals surface area (Å²) < 4.78 is 0. The van der Waals surface area contributed by atoms with Crippen LogP contribution in [0.1, 0.15) is 63.4 Å². The van der Waals surface area contributed by atoms with Crippen molar-refractivity contribution in [2.24, 2.45) is 11.5 Å². The van der Waals surface area contributed by atoms with E-state index in [-0.39, 0.29) is 63.2 Å². The predicted molar refractivity (Wildman–Crippen MR) is 233 cm³/mol. The minimum absolute atomic E-state index is 0.0386. The standard InChI is InChI=1S/C41H62N10O13S/c42-14-2-1-6-26(45-34(56)25(43)20-52)36(58)46-27(18-23-10-12-24(54)13-11-23)35(57)44-19-33(55)49-15-3-7-30(49)37(59)48-29(22-65)40(62)50-16-4-8-31(50)38(60)47-28(21-53)39(61)51-17-5-9-32(51)41(63)64/h10-13,25-32,52-54,65H,1-9,14-22,42-43H2,(H,44,57)(H,45,56)(H,46,58)(H,47,60)(H,48,59)(H,63,64)/t25-,26-,27-,28-,29-,30-,31-,32-/m0/s1. The normalized spacial score (nSPS) is 20.5. The van der Waals surface area contributed by atoms with E-state index in [1.807, 2.05) is 0 Å².